The Balaban J connectivity index is 1.51. The maximum atomic E-state index is 11.5. The third-order valence-corrected chi connectivity index (χ3v) is 5.10. The zero-order valence-corrected chi connectivity index (χ0v) is 18.3. The molecule has 4 rings (SSSR count). The van der Waals surface area contributed by atoms with E-state index in [2.05, 4.69) is 35.9 Å². The van der Waals surface area contributed by atoms with E-state index in [-0.39, 0.29) is 6.10 Å². The summed E-state index contributed by atoms with van der Waals surface area (Å²) >= 11 is 0. The first-order chi connectivity index (χ1) is 16.1. The van der Waals surface area contributed by atoms with Crippen LogP contribution in [0, 0.1) is 0 Å². The number of ether oxygens (including phenoxy) is 1. The molecule has 0 aliphatic carbocycles. The van der Waals surface area contributed by atoms with Gasteiger partial charge in [-0.1, -0.05) is 6.07 Å². The minimum Gasteiger partial charge on any atom is -0.474 e. The number of aromatic nitrogens is 3. The summed E-state index contributed by atoms with van der Waals surface area (Å²) in [6.07, 6.45) is 5.84. The number of nitrogens with zero attached hydrogens (tertiary/aromatic N) is 4. The number of aliphatic imine (C=N–C) groups is 1. The van der Waals surface area contributed by atoms with Crippen molar-refractivity contribution in [2.24, 2.45) is 4.99 Å². The molecule has 1 aliphatic heterocycles. The topological polar surface area (TPSA) is 139 Å². The lowest BCUT2D eigenvalue weighted by Crippen LogP contribution is -2.34. The highest BCUT2D eigenvalue weighted by Crippen LogP contribution is 2.23. The Morgan fingerprint density at radius 1 is 1.15 bits per heavy atom. The largest absolute Gasteiger partial charge is 0.474 e. The van der Waals surface area contributed by atoms with Crippen LogP contribution in [0.15, 0.2) is 47.6 Å². The summed E-state index contributed by atoms with van der Waals surface area (Å²) < 4.78 is 6.00. The van der Waals surface area contributed by atoms with Crippen molar-refractivity contribution in [3.63, 3.8) is 0 Å². The van der Waals surface area contributed by atoms with Crippen LogP contribution >= 0.6 is 0 Å². The van der Waals surface area contributed by atoms with Crippen LogP contribution in [0.2, 0.25) is 0 Å². The second-order valence-corrected chi connectivity index (χ2v) is 7.52. The van der Waals surface area contributed by atoms with Crippen molar-refractivity contribution in [2.45, 2.75) is 18.9 Å². The van der Waals surface area contributed by atoms with Gasteiger partial charge in [0.1, 0.15) is 17.7 Å². The van der Waals surface area contributed by atoms with Gasteiger partial charge < -0.3 is 26.4 Å². The van der Waals surface area contributed by atoms with Crippen LogP contribution in [-0.4, -0.2) is 53.7 Å². The van der Waals surface area contributed by atoms with Crippen LogP contribution in [0.1, 0.15) is 28.8 Å². The van der Waals surface area contributed by atoms with Crippen molar-refractivity contribution in [3.05, 3.63) is 53.7 Å². The van der Waals surface area contributed by atoms with E-state index in [4.69, 9.17) is 10.5 Å². The molecule has 3 heterocycles. The molecule has 2 aromatic heterocycles. The van der Waals surface area contributed by atoms with E-state index < -0.39 is 0 Å². The first-order valence-electron chi connectivity index (χ1n) is 10.7. The fourth-order valence-corrected chi connectivity index (χ4v) is 3.43. The molecular weight excluding hydrogens is 420 g/mol. The molecule has 0 amide bonds. The molecular formula is C23H26N8O2. The van der Waals surface area contributed by atoms with Gasteiger partial charge >= 0.3 is 0 Å². The maximum Gasteiger partial charge on any atom is 0.229 e. The van der Waals surface area contributed by atoms with E-state index in [0.29, 0.717) is 46.7 Å². The molecule has 10 heteroatoms. The number of hydrogen-bond acceptors (Lipinski definition) is 10. The lowest BCUT2D eigenvalue weighted by molar-refractivity contribution is 0.112. The molecule has 1 fully saturated rings. The Morgan fingerprint density at radius 2 is 2.00 bits per heavy atom. The number of carbonyl (C=O) groups excluding carboxylic acids is 1. The molecule has 1 aliphatic rings. The molecule has 1 aromatic carbocycles. The highest BCUT2D eigenvalue weighted by atomic mass is 16.5. The van der Waals surface area contributed by atoms with Crippen LogP contribution in [0.3, 0.4) is 0 Å². The third kappa shape index (κ3) is 5.80. The zero-order valence-electron chi connectivity index (χ0n) is 18.3. The van der Waals surface area contributed by atoms with Crippen LogP contribution < -0.4 is 26.4 Å². The summed E-state index contributed by atoms with van der Waals surface area (Å²) in [6, 6.07) is 10.9. The summed E-state index contributed by atoms with van der Waals surface area (Å²) in [6.45, 7) is 1.87. The molecule has 0 bridgehead atoms. The number of rotatable bonds is 8. The van der Waals surface area contributed by atoms with Crippen molar-refractivity contribution in [2.75, 3.05) is 36.5 Å². The SMILES string of the molecule is CN=Cc1ccc(Nc2ncc(C=O)c(Nc3cccc(OC4CCNCC4)n3)n2)cc1N. The molecule has 0 spiro atoms. The number of nitrogens with one attached hydrogen (secondary N) is 3. The standard InChI is InChI=1S/C23H26N8O2/c1-25-12-15-5-6-17(11-19(15)24)28-23-27-13-16(14-32)22(31-23)30-20-3-2-4-21(29-20)33-18-7-9-26-10-8-18/h2-6,11-14,18,26H,7-10,24H2,1H3,(H2,27,28,29,30,31). The minimum absolute atomic E-state index is 0.136. The first-order valence-corrected chi connectivity index (χ1v) is 10.7. The maximum absolute atomic E-state index is 11.5. The number of piperidine rings is 1. The van der Waals surface area contributed by atoms with Crippen LogP contribution in [0.5, 0.6) is 5.88 Å². The number of aldehydes is 1. The Morgan fingerprint density at radius 3 is 2.76 bits per heavy atom. The highest BCUT2D eigenvalue weighted by molar-refractivity contribution is 5.88. The van der Waals surface area contributed by atoms with E-state index in [1.54, 1.807) is 25.4 Å². The second kappa shape index (κ2) is 10.5. The zero-order chi connectivity index (χ0) is 23.0. The van der Waals surface area contributed by atoms with Gasteiger partial charge in [-0.25, -0.2) is 4.98 Å². The summed E-state index contributed by atoms with van der Waals surface area (Å²) in [7, 11) is 1.69. The Kier molecular flexibility index (Phi) is 7.06. The van der Waals surface area contributed by atoms with E-state index in [1.807, 2.05) is 24.3 Å². The molecule has 3 aromatic rings. The van der Waals surface area contributed by atoms with Crippen LogP contribution in [0.4, 0.5) is 29.0 Å². The molecule has 0 radical (unpaired) electrons. The lowest BCUT2D eigenvalue weighted by atomic mass is 10.1. The molecule has 0 unspecified atom stereocenters. The van der Waals surface area contributed by atoms with Gasteiger partial charge in [0.15, 0.2) is 6.29 Å². The number of nitrogens with two attached hydrogens (primary N) is 1. The average Bonchev–Trinajstić information content (AvgIpc) is 2.82. The summed E-state index contributed by atoms with van der Waals surface area (Å²) in [4.78, 5) is 28.7. The van der Waals surface area contributed by atoms with Gasteiger partial charge in [-0.15, -0.1) is 0 Å². The molecule has 10 nitrogen and oxygen atoms in total. The van der Waals surface area contributed by atoms with E-state index in [9.17, 15) is 4.79 Å². The normalized spacial score (nSPS) is 14.2. The van der Waals surface area contributed by atoms with Gasteiger partial charge in [-0.05, 0) is 50.2 Å². The van der Waals surface area contributed by atoms with Crippen molar-refractivity contribution in [3.8, 4) is 5.88 Å². The fraction of sp³-hybridized carbons (Fsp3) is 0.261. The molecule has 170 valence electrons. The number of pyridine rings is 1. The van der Waals surface area contributed by atoms with E-state index >= 15 is 0 Å². The molecule has 0 atom stereocenters. The van der Waals surface area contributed by atoms with Gasteiger partial charge in [-0.2, -0.15) is 9.97 Å². The molecule has 5 N–H and O–H groups in total. The third-order valence-electron chi connectivity index (χ3n) is 5.10. The Labute approximate surface area is 191 Å². The van der Waals surface area contributed by atoms with E-state index in [0.717, 1.165) is 31.5 Å². The predicted molar refractivity (Wildman–Crippen MR) is 129 cm³/mol. The lowest BCUT2D eigenvalue weighted by Gasteiger charge is -2.23. The molecule has 33 heavy (non-hydrogen) atoms. The summed E-state index contributed by atoms with van der Waals surface area (Å²) in [5, 5.41) is 9.51. The smallest absolute Gasteiger partial charge is 0.229 e. The Hall–Kier alpha value is -4.05. The number of carbonyl (C=O) groups is 1. The van der Waals surface area contributed by atoms with Gasteiger partial charge in [-0.3, -0.25) is 9.79 Å². The molecule has 1 saturated heterocycles. The summed E-state index contributed by atoms with van der Waals surface area (Å²) in [5.41, 5.74) is 8.47. The monoisotopic (exact) mass is 446 g/mol. The highest BCUT2D eigenvalue weighted by Gasteiger charge is 2.15. The quantitative estimate of drug-likeness (QED) is 0.234. The van der Waals surface area contributed by atoms with Gasteiger partial charge in [0.2, 0.25) is 11.8 Å². The molecule has 0 saturated carbocycles. The Bertz CT molecular complexity index is 1150. The fourth-order valence-electron chi connectivity index (χ4n) is 3.43. The number of hydrogen-bond donors (Lipinski definition) is 4. The van der Waals surface area contributed by atoms with Gasteiger partial charge in [0, 0.05) is 42.5 Å². The van der Waals surface area contributed by atoms with Crippen molar-refractivity contribution >= 4 is 41.5 Å². The summed E-state index contributed by atoms with van der Waals surface area (Å²) in [5.74, 6) is 1.68. The predicted octanol–water partition coefficient (Wildman–Crippen LogP) is 2.93. The number of anilines is 5. The van der Waals surface area contributed by atoms with Crippen LogP contribution in [-0.2, 0) is 0 Å². The second-order valence-electron chi connectivity index (χ2n) is 7.52. The average molecular weight is 447 g/mol. The van der Waals surface area contributed by atoms with Crippen LogP contribution in [0.25, 0.3) is 0 Å². The van der Waals surface area contributed by atoms with Crippen molar-refractivity contribution in [1.82, 2.24) is 20.3 Å². The number of nitrogen functional groups attached to an aromatic ring is 1. The number of benzene rings is 1. The van der Waals surface area contributed by atoms with E-state index in [1.165, 1.54) is 6.20 Å². The van der Waals surface area contributed by atoms with Gasteiger partial charge in [0.25, 0.3) is 0 Å². The van der Waals surface area contributed by atoms with Gasteiger partial charge in [0.05, 0.1) is 5.56 Å². The van der Waals surface area contributed by atoms with Crippen molar-refractivity contribution < 1.29 is 9.53 Å². The first kappa shape index (κ1) is 22.2. The minimum atomic E-state index is 0.136. The van der Waals surface area contributed by atoms with Crippen molar-refractivity contribution in [1.29, 1.82) is 0 Å².